The highest BCUT2D eigenvalue weighted by molar-refractivity contribution is 7.80. The minimum atomic E-state index is 0.527. The summed E-state index contributed by atoms with van der Waals surface area (Å²) in [6.45, 7) is 1.89. The first-order valence-corrected chi connectivity index (χ1v) is 4.26. The lowest BCUT2D eigenvalue weighted by molar-refractivity contribution is -0.500. The molecule has 3 N–H and O–H groups in total. The lowest BCUT2D eigenvalue weighted by Gasteiger charge is -1.93. The average molecular weight is 198 g/mol. The number of thiocarbonyl (C=S) groups is 1. The van der Waals surface area contributed by atoms with Gasteiger partial charge < -0.3 is 9.73 Å². The zero-order valence-electron chi connectivity index (χ0n) is 7.55. The number of hydrazone groups is 1. The molecule has 1 heterocycles. The first kappa shape index (κ1) is 9.73. The second-order valence-corrected chi connectivity index (χ2v) is 2.85. The van der Waals surface area contributed by atoms with Crippen molar-refractivity contribution < 1.29 is 9.52 Å². The molecule has 1 aromatic heterocycles. The molecule has 0 aliphatic carbocycles. The number of hydrazine groups is 1. The predicted octanol–water partition coefficient (Wildman–Crippen LogP) is -0.904. The summed E-state index contributed by atoms with van der Waals surface area (Å²) in [4.78, 5) is 0. The molecule has 1 rings (SSSR count). The maximum atomic E-state index is 5.28. The van der Waals surface area contributed by atoms with E-state index in [1.165, 1.54) is 0 Å². The summed E-state index contributed by atoms with van der Waals surface area (Å²) in [5.74, 6) is 1.63. The summed E-state index contributed by atoms with van der Waals surface area (Å²) in [5.41, 5.74) is 2.74. The van der Waals surface area contributed by atoms with E-state index in [0.29, 0.717) is 5.11 Å². The van der Waals surface area contributed by atoms with Crippen molar-refractivity contribution in [3.63, 3.8) is 0 Å². The van der Waals surface area contributed by atoms with Crippen LogP contribution in [0.3, 0.4) is 0 Å². The largest absolute Gasteiger partial charge is 0.456 e. The Bertz CT molecular complexity index is 319. The van der Waals surface area contributed by atoms with Crippen LogP contribution in [0.5, 0.6) is 0 Å². The van der Waals surface area contributed by atoms with Crippen molar-refractivity contribution in [3.05, 3.63) is 23.7 Å². The molecule has 0 bridgehead atoms. The summed E-state index contributed by atoms with van der Waals surface area (Å²) in [5, 5.41) is 6.08. The molecular formula is C8H12N3OS+. The number of nitrogens with one attached hydrogen (secondary N) is 3. The smallest absolute Gasteiger partial charge is 0.233 e. The van der Waals surface area contributed by atoms with Crippen LogP contribution < -0.4 is 15.8 Å². The van der Waals surface area contributed by atoms with Gasteiger partial charge in [0.1, 0.15) is 5.76 Å². The van der Waals surface area contributed by atoms with Crippen LogP contribution in [-0.2, 0) is 0 Å². The minimum Gasteiger partial charge on any atom is -0.456 e. The van der Waals surface area contributed by atoms with Gasteiger partial charge in [0.2, 0.25) is 11.3 Å². The third-order valence-corrected chi connectivity index (χ3v) is 1.69. The van der Waals surface area contributed by atoms with E-state index in [1.54, 1.807) is 13.3 Å². The number of rotatable bonds is 2. The van der Waals surface area contributed by atoms with Gasteiger partial charge in [-0.3, -0.25) is 0 Å². The fraction of sp³-hybridized carbons (Fsp3) is 0.250. The number of furan rings is 1. The summed E-state index contributed by atoms with van der Waals surface area (Å²) in [6, 6.07) is 3.76. The van der Waals surface area contributed by atoms with Gasteiger partial charge in [0.05, 0.1) is 0 Å². The fourth-order valence-electron chi connectivity index (χ4n) is 0.766. The molecule has 4 nitrogen and oxygen atoms in total. The molecule has 0 aliphatic rings. The van der Waals surface area contributed by atoms with E-state index in [1.807, 2.05) is 19.1 Å². The number of hydrogen-bond acceptors (Lipinski definition) is 2. The second kappa shape index (κ2) is 4.61. The number of aryl methyl sites for hydroxylation is 1. The highest BCUT2D eigenvalue weighted by atomic mass is 32.1. The molecule has 0 radical (unpaired) electrons. The summed E-state index contributed by atoms with van der Waals surface area (Å²) in [6.07, 6.45) is 1.69. The lowest BCUT2D eigenvalue weighted by atomic mass is 10.4. The van der Waals surface area contributed by atoms with Crippen LogP contribution in [-0.4, -0.2) is 18.4 Å². The first-order valence-electron chi connectivity index (χ1n) is 3.85. The maximum Gasteiger partial charge on any atom is 0.233 e. The maximum absolute atomic E-state index is 5.28. The second-order valence-electron chi connectivity index (χ2n) is 2.44. The molecule has 0 saturated carbocycles. The Morgan fingerprint density at radius 1 is 1.62 bits per heavy atom. The van der Waals surface area contributed by atoms with Crippen molar-refractivity contribution in [2.75, 3.05) is 7.05 Å². The van der Waals surface area contributed by atoms with Crippen LogP contribution in [0.2, 0.25) is 0 Å². The van der Waals surface area contributed by atoms with E-state index < -0.39 is 0 Å². The molecule has 0 amide bonds. The highest BCUT2D eigenvalue weighted by Crippen LogP contribution is 2.01. The third-order valence-electron chi connectivity index (χ3n) is 1.39. The summed E-state index contributed by atoms with van der Waals surface area (Å²) < 4.78 is 5.28. The Balaban J connectivity index is 2.45. The van der Waals surface area contributed by atoms with Crippen LogP contribution in [0.25, 0.3) is 0 Å². The highest BCUT2D eigenvalue weighted by Gasteiger charge is 1.97. The van der Waals surface area contributed by atoms with Crippen LogP contribution >= 0.6 is 12.2 Å². The standard InChI is InChI=1S/C8H11N3OS/c1-6-3-4-7(12-6)5-10-11-8(13)9-2/h3-5H,1-2H3,(H2,9,11,13)/p+1. The lowest BCUT2D eigenvalue weighted by Crippen LogP contribution is -2.82. The van der Waals surface area contributed by atoms with E-state index in [9.17, 15) is 0 Å². The van der Waals surface area contributed by atoms with Crippen LogP contribution in [0.1, 0.15) is 11.5 Å². The van der Waals surface area contributed by atoms with E-state index >= 15 is 0 Å². The molecule has 0 aromatic carbocycles. The van der Waals surface area contributed by atoms with Gasteiger partial charge in [0.15, 0.2) is 5.76 Å². The molecule has 0 spiro atoms. The van der Waals surface area contributed by atoms with Gasteiger partial charge in [0.25, 0.3) is 0 Å². The van der Waals surface area contributed by atoms with Crippen LogP contribution in [0, 0.1) is 6.92 Å². The number of hydrogen-bond donors (Lipinski definition) is 3. The van der Waals surface area contributed by atoms with E-state index in [-0.39, 0.29) is 0 Å². The predicted molar refractivity (Wildman–Crippen MR) is 54.4 cm³/mol. The van der Waals surface area contributed by atoms with Crippen molar-refractivity contribution in [3.8, 4) is 0 Å². The van der Waals surface area contributed by atoms with Crippen molar-refractivity contribution in [1.29, 1.82) is 0 Å². The molecular weight excluding hydrogens is 186 g/mol. The fourth-order valence-corrected chi connectivity index (χ4v) is 0.825. The topological polar surface area (TPSA) is 51.2 Å². The Hall–Kier alpha value is -1.36. The molecule has 0 unspecified atom stereocenters. The monoisotopic (exact) mass is 198 g/mol. The molecule has 13 heavy (non-hydrogen) atoms. The van der Waals surface area contributed by atoms with Crippen molar-refractivity contribution in [2.24, 2.45) is 0 Å². The minimum absolute atomic E-state index is 0.527. The van der Waals surface area contributed by atoms with Gasteiger partial charge in [-0.1, -0.05) is 0 Å². The third kappa shape index (κ3) is 3.25. The Morgan fingerprint density at radius 2 is 2.38 bits per heavy atom. The molecule has 1 aromatic rings. The van der Waals surface area contributed by atoms with Gasteiger partial charge in [-0.05, 0) is 31.3 Å². The molecule has 0 fully saturated rings. The SMILES string of the molecule is CNC(=S)N[NH+]=Cc1ccc(C)o1. The Kier molecular flexibility index (Phi) is 3.45. The molecule has 0 atom stereocenters. The Morgan fingerprint density at radius 3 is 2.92 bits per heavy atom. The van der Waals surface area contributed by atoms with E-state index in [4.69, 9.17) is 16.6 Å². The molecule has 5 heteroatoms. The van der Waals surface area contributed by atoms with Gasteiger partial charge in [0, 0.05) is 7.05 Å². The molecule has 70 valence electrons. The zero-order valence-corrected chi connectivity index (χ0v) is 8.37. The van der Waals surface area contributed by atoms with Crippen LogP contribution in [0.15, 0.2) is 16.5 Å². The molecule has 0 saturated heterocycles. The van der Waals surface area contributed by atoms with Crippen molar-refractivity contribution in [1.82, 2.24) is 10.7 Å². The normalized spacial score (nSPS) is 10.3. The average Bonchev–Trinajstić information content (AvgIpc) is 2.51. The van der Waals surface area contributed by atoms with Crippen molar-refractivity contribution >= 4 is 23.5 Å². The Labute approximate surface area is 82.0 Å². The van der Waals surface area contributed by atoms with Gasteiger partial charge in [-0.2, -0.15) is 0 Å². The first-order chi connectivity index (χ1) is 6.22. The van der Waals surface area contributed by atoms with Gasteiger partial charge >= 0.3 is 0 Å². The van der Waals surface area contributed by atoms with E-state index in [2.05, 4.69) is 15.8 Å². The van der Waals surface area contributed by atoms with E-state index in [0.717, 1.165) is 11.5 Å². The van der Waals surface area contributed by atoms with Gasteiger partial charge in [-0.15, -0.1) is 10.5 Å². The van der Waals surface area contributed by atoms with Crippen LogP contribution in [0.4, 0.5) is 0 Å². The quantitative estimate of drug-likeness (QED) is 0.327. The zero-order chi connectivity index (χ0) is 9.68. The summed E-state index contributed by atoms with van der Waals surface area (Å²) in [7, 11) is 1.74. The summed E-state index contributed by atoms with van der Waals surface area (Å²) >= 11 is 4.84. The van der Waals surface area contributed by atoms with Gasteiger partial charge in [-0.25, -0.2) is 0 Å². The molecule has 0 aliphatic heterocycles. The van der Waals surface area contributed by atoms with Crippen molar-refractivity contribution in [2.45, 2.75) is 6.92 Å².